The van der Waals surface area contributed by atoms with E-state index in [2.05, 4.69) is 5.32 Å². The molecule has 0 heterocycles. The summed E-state index contributed by atoms with van der Waals surface area (Å²) < 4.78 is 16.6. The summed E-state index contributed by atoms with van der Waals surface area (Å²) in [5.74, 6) is 1.50. The Hall–Kier alpha value is -2.40. The van der Waals surface area contributed by atoms with E-state index in [0.29, 0.717) is 52.7 Å². The highest BCUT2D eigenvalue weighted by molar-refractivity contribution is 6.32. The van der Waals surface area contributed by atoms with Gasteiger partial charge >= 0.3 is 0 Å². The van der Waals surface area contributed by atoms with E-state index in [4.69, 9.17) is 25.8 Å². The van der Waals surface area contributed by atoms with E-state index >= 15 is 0 Å². The second kappa shape index (κ2) is 9.34. The van der Waals surface area contributed by atoms with Crippen molar-refractivity contribution >= 4 is 23.2 Å². The van der Waals surface area contributed by atoms with Crippen LogP contribution in [0.4, 0.5) is 5.69 Å². The van der Waals surface area contributed by atoms with Crippen molar-refractivity contribution in [1.29, 1.82) is 0 Å². The standard InChI is InChI=1S/C20H24ClNO4/c1-5-25-17-9-7-6-8-16(17)22-20(23)14-10-15(21)19(18(11-14)24-4)26-12-13(2)3/h6-11,13H,5,12H2,1-4H3,(H,22,23). The third-order valence-electron chi connectivity index (χ3n) is 3.49. The van der Waals surface area contributed by atoms with Crippen LogP contribution in [0.5, 0.6) is 17.2 Å². The van der Waals surface area contributed by atoms with E-state index in [9.17, 15) is 4.79 Å². The molecular weight excluding hydrogens is 354 g/mol. The molecule has 0 radical (unpaired) electrons. The molecule has 0 aliphatic rings. The number of para-hydroxylation sites is 2. The van der Waals surface area contributed by atoms with Crippen molar-refractivity contribution in [2.75, 3.05) is 25.6 Å². The van der Waals surface area contributed by atoms with Crippen molar-refractivity contribution in [3.8, 4) is 17.2 Å². The summed E-state index contributed by atoms with van der Waals surface area (Å²) in [6.45, 7) is 6.98. The van der Waals surface area contributed by atoms with Crippen LogP contribution >= 0.6 is 11.6 Å². The number of hydrogen-bond donors (Lipinski definition) is 1. The number of halogens is 1. The fourth-order valence-corrected chi connectivity index (χ4v) is 2.55. The Morgan fingerprint density at radius 3 is 2.54 bits per heavy atom. The molecule has 0 atom stereocenters. The zero-order chi connectivity index (χ0) is 19.1. The highest BCUT2D eigenvalue weighted by Gasteiger charge is 2.17. The summed E-state index contributed by atoms with van der Waals surface area (Å²) in [7, 11) is 1.51. The number of anilines is 1. The van der Waals surface area contributed by atoms with Gasteiger partial charge in [0.1, 0.15) is 5.75 Å². The van der Waals surface area contributed by atoms with Crippen molar-refractivity contribution in [2.24, 2.45) is 5.92 Å². The maximum atomic E-state index is 12.6. The zero-order valence-electron chi connectivity index (χ0n) is 15.5. The largest absolute Gasteiger partial charge is 0.493 e. The number of nitrogens with one attached hydrogen (secondary N) is 1. The Labute approximate surface area is 159 Å². The second-order valence-corrected chi connectivity index (χ2v) is 6.48. The van der Waals surface area contributed by atoms with Gasteiger partial charge in [0, 0.05) is 5.56 Å². The quantitative estimate of drug-likeness (QED) is 0.700. The molecule has 0 bridgehead atoms. The fourth-order valence-electron chi connectivity index (χ4n) is 2.29. The van der Waals surface area contributed by atoms with E-state index in [1.165, 1.54) is 7.11 Å². The van der Waals surface area contributed by atoms with E-state index < -0.39 is 0 Å². The first-order chi connectivity index (χ1) is 12.5. The number of ether oxygens (including phenoxy) is 3. The van der Waals surface area contributed by atoms with Crippen LogP contribution in [0.15, 0.2) is 36.4 Å². The Bertz CT molecular complexity index is 761. The van der Waals surface area contributed by atoms with Crippen molar-refractivity contribution in [1.82, 2.24) is 0 Å². The van der Waals surface area contributed by atoms with E-state index in [-0.39, 0.29) is 5.91 Å². The molecule has 2 aromatic carbocycles. The Morgan fingerprint density at radius 1 is 1.15 bits per heavy atom. The summed E-state index contributed by atoms with van der Waals surface area (Å²) in [6, 6.07) is 10.4. The maximum Gasteiger partial charge on any atom is 0.255 e. The first kappa shape index (κ1) is 19.9. The van der Waals surface area contributed by atoms with Crippen molar-refractivity contribution < 1.29 is 19.0 Å². The molecular formula is C20H24ClNO4. The number of methoxy groups -OCH3 is 1. The molecule has 0 unspecified atom stereocenters. The lowest BCUT2D eigenvalue weighted by atomic mass is 10.1. The maximum absolute atomic E-state index is 12.6. The molecule has 0 aliphatic heterocycles. The predicted molar refractivity (Wildman–Crippen MR) is 104 cm³/mol. The molecule has 26 heavy (non-hydrogen) atoms. The molecule has 0 saturated carbocycles. The van der Waals surface area contributed by atoms with Crippen LogP contribution in [-0.2, 0) is 0 Å². The van der Waals surface area contributed by atoms with E-state index in [1.54, 1.807) is 24.3 Å². The number of hydrogen-bond acceptors (Lipinski definition) is 4. The van der Waals surface area contributed by atoms with Gasteiger partial charge in [-0.15, -0.1) is 0 Å². The molecule has 0 saturated heterocycles. The Morgan fingerprint density at radius 2 is 1.88 bits per heavy atom. The van der Waals surface area contributed by atoms with Crippen molar-refractivity contribution in [3.05, 3.63) is 47.0 Å². The number of benzene rings is 2. The average Bonchev–Trinajstić information content (AvgIpc) is 2.61. The van der Waals surface area contributed by atoms with Crippen LogP contribution in [0.25, 0.3) is 0 Å². The Balaban J connectivity index is 2.25. The number of carbonyl (C=O) groups excluding carboxylic acids is 1. The van der Waals surface area contributed by atoms with Gasteiger partial charge in [0.25, 0.3) is 5.91 Å². The van der Waals surface area contributed by atoms with Gasteiger partial charge in [-0.25, -0.2) is 0 Å². The normalized spacial score (nSPS) is 10.5. The van der Waals surface area contributed by atoms with Gasteiger partial charge in [0.2, 0.25) is 0 Å². The highest BCUT2D eigenvalue weighted by Crippen LogP contribution is 2.37. The van der Waals surface area contributed by atoms with Crippen LogP contribution in [0.2, 0.25) is 5.02 Å². The molecule has 0 aromatic heterocycles. The second-order valence-electron chi connectivity index (χ2n) is 6.08. The molecule has 5 nitrogen and oxygen atoms in total. The van der Waals surface area contributed by atoms with Gasteiger partial charge in [-0.05, 0) is 37.1 Å². The van der Waals surface area contributed by atoms with Gasteiger partial charge in [0.05, 0.1) is 31.0 Å². The number of carbonyl (C=O) groups is 1. The van der Waals surface area contributed by atoms with Crippen molar-refractivity contribution in [2.45, 2.75) is 20.8 Å². The van der Waals surface area contributed by atoms with Gasteiger partial charge in [-0.2, -0.15) is 0 Å². The zero-order valence-corrected chi connectivity index (χ0v) is 16.2. The van der Waals surface area contributed by atoms with Crippen LogP contribution in [0.1, 0.15) is 31.1 Å². The van der Waals surface area contributed by atoms with Crippen LogP contribution in [-0.4, -0.2) is 26.2 Å². The minimum absolute atomic E-state index is 0.312. The van der Waals surface area contributed by atoms with E-state index in [0.717, 1.165) is 0 Å². The molecule has 140 valence electrons. The number of rotatable bonds is 8. The predicted octanol–water partition coefficient (Wildman–Crippen LogP) is 5.03. The molecule has 1 amide bonds. The lowest BCUT2D eigenvalue weighted by molar-refractivity contribution is 0.102. The molecule has 0 fully saturated rings. The fraction of sp³-hybridized carbons (Fsp3) is 0.350. The summed E-state index contributed by atoms with van der Waals surface area (Å²) in [4.78, 5) is 12.6. The SMILES string of the molecule is CCOc1ccccc1NC(=O)c1cc(Cl)c(OCC(C)C)c(OC)c1. The molecule has 2 rings (SSSR count). The monoisotopic (exact) mass is 377 g/mol. The third-order valence-corrected chi connectivity index (χ3v) is 3.77. The Kier molecular flexibility index (Phi) is 7.16. The molecule has 0 aliphatic carbocycles. The topological polar surface area (TPSA) is 56.8 Å². The lowest BCUT2D eigenvalue weighted by Crippen LogP contribution is -2.14. The summed E-state index contributed by atoms with van der Waals surface area (Å²) >= 11 is 6.32. The van der Waals surface area contributed by atoms with Crippen molar-refractivity contribution in [3.63, 3.8) is 0 Å². The average molecular weight is 378 g/mol. The van der Waals surface area contributed by atoms with Gasteiger partial charge in [0.15, 0.2) is 11.5 Å². The highest BCUT2D eigenvalue weighted by atomic mass is 35.5. The summed E-state index contributed by atoms with van der Waals surface area (Å²) in [6.07, 6.45) is 0. The molecule has 1 N–H and O–H groups in total. The first-order valence-corrected chi connectivity index (χ1v) is 8.87. The van der Waals surface area contributed by atoms with Gasteiger partial charge in [-0.3, -0.25) is 4.79 Å². The van der Waals surface area contributed by atoms with Gasteiger partial charge < -0.3 is 19.5 Å². The first-order valence-electron chi connectivity index (χ1n) is 8.49. The molecule has 6 heteroatoms. The summed E-state index contributed by atoms with van der Waals surface area (Å²) in [5, 5.41) is 3.17. The summed E-state index contributed by atoms with van der Waals surface area (Å²) in [5.41, 5.74) is 0.963. The molecule has 2 aromatic rings. The smallest absolute Gasteiger partial charge is 0.255 e. The number of amides is 1. The molecule has 0 spiro atoms. The minimum atomic E-state index is -0.312. The van der Waals surface area contributed by atoms with Crippen LogP contribution in [0, 0.1) is 5.92 Å². The minimum Gasteiger partial charge on any atom is -0.493 e. The van der Waals surface area contributed by atoms with Crippen LogP contribution < -0.4 is 19.5 Å². The van der Waals surface area contributed by atoms with E-state index in [1.807, 2.05) is 32.9 Å². The van der Waals surface area contributed by atoms with Gasteiger partial charge in [-0.1, -0.05) is 37.6 Å². The lowest BCUT2D eigenvalue weighted by Gasteiger charge is -2.16. The van der Waals surface area contributed by atoms with Crippen LogP contribution in [0.3, 0.4) is 0 Å². The third kappa shape index (κ3) is 5.05.